The van der Waals surface area contributed by atoms with Crippen molar-refractivity contribution in [1.82, 2.24) is 5.32 Å². The van der Waals surface area contributed by atoms with Gasteiger partial charge in [0.1, 0.15) is 0 Å². The number of nitrogens with one attached hydrogen (secondary N) is 1. The zero-order chi connectivity index (χ0) is 9.97. The summed E-state index contributed by atoms with van der Waals surface area (Å²) >= 11 is 5.55. The van der Waals surface area contributed by atoms with E-state index in [-0.39, 0.29) is 0 Å². The first-order chi connectivity index (χ1) is 6.83. The van der Waals surface area contributed by atoms with Crippen molar-refractivity contribution in [1.29, 1.82) is 0 Å². The van der Waals surface area contributed by atoms with E-state index in [1.807, 2.05) is 11.3 Å². The van der Waals surface area contributed by atoms with Crippen LogP contribution in [0.5, 0.6) is 0 Å². The predicted molar refractivity (Wildman–Crippen MR) is 66.0 cm³/mol. The van der Waals surface area contributed by atoms with Crippen molar-refractivity contribution >= 4 is 27.3 Å². The second kappa shape index (κ2) is 4.77. The van der Waals surface area contributed by atoms with E-state index in [1.165, 1.54) is 23.7 Å². The van der Waals surface area contributed by atoms with Gasteiger partial charge in [-0.1, -0.05) is 6.42 Å². The highest BCUT2D eigenvalue weighted by atomic mass is 79.9. The number of rotatable bonds is 3. The van der Waals surface area contributed by atoms with Crippen molar-refractivity contribution in [2.24, 2.45) is 5.92 Å². The average Bonchev–Trinajstić information content (AvgIpc) is 2.74. The zero-order valence-electron chi connectivity index (χ0n) is 8.42. The van der Waals surface area contributed by atoms with E-state index in [9.17, 15) is 0 Å². The molecule has 0 aliphatic heterocycles. The predicted octanol–water partition coefficient (Wildman–Crippen LogP) is 3.61. The molecule has 2 unspecified atom stereocenters. The van der Waals surface area contributed by atoms with E-state index >= 15 is 0 Å². The molecule has 1 nitrogen and oxygen atoms in total. The second-order valence-electron chi connectivity index (χ2n) is 3.99. The summed E-state index contributed by atoms with van der Waals surface area (Å²) in [5.74, 6) is 1.63. The molecule has 0 saturated heterocycles. The smallest absolute Gasteiger partial charge is 0.0317 e. The molecule has 0 radical (unpaired) electrons. The van der Waals surface area contributed by atoms with Crippen molar-refractivity contribution in [3.63, 3.8) is 0 Å². The van der Waals surface area contributed by atoms with E-state index in [4.69, 9.17) is 0 Å². The molecule has 0 bridgehead atoms. The van der Waals surface area contributed by atoms with Crippen molar-refractivity contribution in [3.05, 3.63) is 20.8 Å². The van der Waals surface area contributed by atoms with E-state index in [1.54, 1.807) is 4.88 Å². The fraction of sp³-hybridized carbons (Fsp3) is 0.636. The lowest BCUT2D eigenvalue weighted by atomic mass is 9.94. The third-order valence-corrected chi connectivity index (χ3v) is 5.11. The van der Waals surface area contributed by atoms with Crippen LogP contribution >= 0.6 is 27.3 Å². The Hall–Kier alpha value is 0.140. The van der Waals surface area contributed by atoms with Crippen LogP contribution in [0.3, 0.4) is 0 Å². The highest BCUT2D eigenvalue weighted by molar-refractivity contribution is 9.10. The van der Waals surface area contributed by atoms with E-state index in [0.29, 0.717) is 0 Å². The summed E-state index contributed by atoms with van der Waals surface area (Å²) in [5, 5.41) is 5.50. The first-order valence-corrected chi connectivity index (χ1v) is 6.87. The monoisotopic (exact) mass is 273 g/mol. The fourth-order valence-electron chi connectivity index (χ4n) is 2.46. The minimum absolute atomic E-state index is 0.789. The molecular weight excluding hydrogens is 258 g/mol. The van der Waals surface area contributed by atoms with Gasteiger partial charge in [-0.05, 0) is 65.6 Å². The Morgan fingerprint density at radius 2 is 2.43 bits per heavy atom. The van der Waals surface area contributed by atoms with Crippen LogP contribution < -0.4 is 5.32 Å². The summed E-state index contributed by atoms with van der Waals surface area (Å²) in [5.41, 5.74) is 0. The summed E-state index contributed by atoms with van der Waals surface area (Å²) in [6, 6.07) is 2.18. The maximum atomic E-state index is 3.64. The number of halogens is 1. The van der Waals surface area contributed by atoms with Gasteiger partial charge in [-0.15, -0.1) is 11.3 Å². The lowest BCUT2D eigenvalue weighted by Crippen LogP contribution is -2.20. The molecule has 3 heteroatoms. The largest absolute Gasteiger partial charge is 0.319 e. The molecule has 14 heavy (non-hydrogen) atoms. The maximum absolute atomic E-state index is 3.64. The van der Waals surface area contributed by atoms with Crippen molar-refractivity contribution in [2.45, 2.75) is 25.2 Å². The van der Waals surface area contributed by atoms with Gasteiger partial charge in [-0.2, -0.15) is 0 Å². The Bertz CT molecular complexity index is 297. The van der Waals surface area contributed by atoms with Crippen LogP contribution in [0, 0.1) is 5.92 Å². The van der Waals surface area contributed by atoms with Crippen LogP contribution in [0.15, 0.2) is 15.9 Å². The summed E-state index contributed by atoms with van der Waals surface area (Å²) in [7, 11) is 2.05. The van der Waals surface area contributed by atoms with Gasteiger partial charge < -0.3 is 5.32 Å². The quantitative estimate of drug-likeness (QED) is 0.887. The SMILES string of the molecule is CNCC1CCCC1c1sccc1Br. The highest BCUT2D eigenvalue weighted by Gasteiger charge is 2.29. The van der Waals surface area contributed by atoms with Gasteiger partial charge in [0, 0.05) is 9.35 Å². The van der Waals surface area contributed by atoms with Crippen molar-refractivity contribution < 1.29 is 0 Å². The molecule has 1 aromatic rings. The van der Waals surface area contributed by atoms with Gasteiger partial charge in [0.15, 0.2) is 0 Å². The molecule has 1 aliphatic rings. The Morgan fingerprint density at radius 1 is 1.57 bits per heavy atom. The van der Waals surface area contributed by atoms with Gasteiger partial charge in [-0.25, -0.2) is 0 Å². The zero-order valence-corrected chi connectivity index (χ0v) is 10.8. The first-order valence-electron chi connectivity index (χ1n) is 5.20. The Morgan fingerprint density at radius 3 is 3.07 bits per heavy atom. The van der Waals surface area contributed by atoms with Crippen LogP contribution in [0.1, 0.15) is 30.1 Å². The molecule has 1 fully saturated rings. The van der Waals surface area contributed by atoms with Crippen LogP contribution in [0.4, 0.5) is 0 Å². The molecule has 1 heterocycles. The molecule has 2 atom stereocenters. The minimum atomic E-state index is 0.789. The third kappa shape index (κ3) is 2.05. The second-order valence-corrected chi connectivity index (χ2v) is 5.79. The van der Waals surface area contributed by atoms with Crippen LogP contribution in [0.25, 0.3) is 0 Å². The Kier molecular flexibility index (Phi) is 3.63. The Labute approximate surface area is 98.0 Å². The minimum Gasteiger partial charge on any atom is -0.319 e. The summed E-state index contributed by atoms with van der Waals surface area (Å²) in [6.07, 6.45) is 4.14. The number of thiophene rings is 1. The normalized spacial score (nSPS) is 27.0. The molecule has 1 N–H and O–H groups in total. The molecule has 78 valence electrons. The lowest BCUT2D eigenvalue weighted by molar-refractivity contribution is 0.466. The van der Waals surface area contributed by atoms with Gasteiger partial charge in [-0.3, -0.25) is 0 Å². The number of hydrogen-bond acceptors (Lipinski definition) is 2. The molecule has 1 aliphatic carbocycles. The van der Waals surface area contributed by atoms with Crippen LogP contribution in [-0.4, -0.2) is 13.6 Å². The molecule has 0 aromatic carbocycles. The number of hydrogen-bond donors (Lipinski definition) is 1. The fourth-order valence-corrected chi connectivity index (χ4v) is 4.36. The standard InChI is InChI=1S/C11H16BrNS/c1-13-7-8-3-2-4-9(8)11-10(12)5-6-14-11/h5-6,8-9,13H,2-4,7H2,1H3. The van der Waals surface area contributed by atoms with Crippen molar-refractivity contribution in [2.75, 3.05) is 13.6 Å². The average molecular weight is 274 g/mol. The van der Waals surface area contributed by atoms with Gasteiger partial charge in [0.05, 0.1) is 0 Å². The van der Waals surface area contributed by atoms with E-state index < -0.39 is 0 Å². The molecule has 1 aromatic heterocycles. The van der Waals surface area contributed by atoms with Crippen molar-refractivity contribution in [3.8, 4) is 0 Å². The molecule has 1 saturated carbocycles. The summed E-state index contributed by atoms with van der Waals surface area (Å²) in [4.78, 5) is 1.56. The van der Waals surface area contributed by atoms with E-state index in [0.717, 1.165) is 18.4 Å². The molecule has 2 rings (SSSR count). The first kappa shape index (κ1) is 10.7. The molecular formula is C11H16BrNS. The maximum Gasteiger partial charge on any atom is 0.0317 e. The van der Waals surface area contributed by atoms with Crippen LogP contribution in [0.2, 0.25) is 0 Å². The molecule has 0 amide bonds. The molecule has 0 spiro atoms. The van der Waals surface area contributed by atoms with Gasteiger partial charge in [0.25, 0.3) is 0 Å². The van der Waals surface area contributed by atoms with Gasteiger partial charge in [0.2, 0.25) is 0 Å². The topological polar surface area (TPSA) is 12.0 Å². The van der Waals surface area contributed by atoms with Crippen LogP contribution in [-0.2, 0) is 0 Å². The lowest BCUT2D eigenvalue weighted by Gasteiger charge is -2.18. The van der Waals surface area contributed by atoms with E-state index in [2.05, 4.69) is 39.7 Å². The summed E-state index contributed by atoms with van der Waals surface area (Å²) < 4.78 is 1.32. The van der Waals surface area contributed by atoms with Gasteiger partial charge >= 0.3 is 0 Å². The highest BCUT2D eigenvalue weighted by Crippen LogP contribution is 2.44. The third-order valence-electron chi connectivity index (χ3n) is 3.11. The summed E-state index contributed by atoms with van der Waals surface area (Å²) in [6.45, 7) is 1.16. The Balaban J connectivity index is 2.13.